The summed E-state index contributed by atoms with van der Waals surface area (Å²) in [6.07, 6.45) is 2.60. The lowest BCUT2D eigenvalue weighted by molar-refractivity contribution is -0.126. The van der Waals surface area contributed by atoms with E-state index >= 15 is 0 Å². The third kappa shape index (κ3) is 4.12. The van der Waals surface area contributed by atoms with Crippen LogP contribution in [0.1, 0.15) is 18.5 Å². The van der Waals surface area contributed by atoms with Gasteiger partial charge in [0, 0.05) is 19.0 Å². The lowest BCUT2D eigenvalue weighted by Crippen LogP contribution is -2.42. The third-order valence-corrected chi connectivity index (χ3v) is 7.09. The van der Waals surface area contributed by atoms with Crippen LogP contribution in [0.25, 0.3) is 0 Å². The van der Waals surface area contributed by atoms with Crippen molar-refractivity contribution in [2.75, 3.05) is 13.1 Å². The van der Waals surface area contributed by atoms with Gasteiger partial charge < -0.3 is 5.32 Å². The van der Waals surface area contributed by atoms with E-state index in [4.69, 9.17) is 0 Å². The highest BCUT2D eigenvalue weighted by Gasteiger charge is 2.32. The van der Waals surface area contributed by atoms with Crippen molar-refractivity contribution in [3.63, 3.8) is 0 Å². The van der Waals surface area contributed by atoms with Crippen molar-refractivity contribution in [1.82, 2.24) is 25.0 Å². The second-order valence-electron chi connectivity index (χ2n) is 5.29. The topological polar surface area (TPSA) is 108 Å². The SMILES string of the molecule is Cl.O=C(NCc1cn[nH]n1)C1CCN(S(=O)(=O)c2cccs2)CC1. The van der Waals surface area contributed by atoms with Crippen LogP contribution in [0.4, 0.5) is 0 Å². The predicted molar refractivity (Wildman–Crippen MR) is 91.3 cm³/mol. The van der Waals surface area contributed by atoms with E-state index in [1.54, 1.807) is 23.7 Å². The molecule has 1 aliphatic rings. The molecule has 2 N–H and O–H groups in total. The van der Waals surface area contributed by atoms with Crippen molar-refractivity contribution in [3.05, 3.63) is 29.4 Å². The summed E-state index contributed by atoms with van der Waals surface area (Å²) in [7, 11) is -3.42. The van der Waals surface area contributed by atoms with E-state index in [2.05, 4.69) is 20.7 Å². The van der Waals surface area contributed by atoms with Gasteiger partial charge in [0.2, 0.25) is 5.91 Å². The Morgan fingerprint density at radius 1 is 1.42 bits per heavy atom. The zero-order valence-electron chi connectivity index (χ0n) is 12.7. The minimum Gasteiger partial charge on any atom is -0.350 e. The minimum atomic E-state index is -3.42. The van der Waals surface area contributed by atoms with Crippen molar-refractivity contribution in [2.24, 2.45) is 5.92 Å². The summed E-state index contributed by atoms with van der Waals surface area (Å²) >= 11 is 1.21. The quantitative estimate of drug-likeness (QED) is 0.790. The Morgan fingerprint density at radius 3 is 2.75 bits per heavy atom. The second-order valence-corrected chi connectivity index (χ2v) is 8.40. The smallest absolute Gasteiger partial charge is 0.252 e. The van der Waals surface area contributed by atoms with Gasteiger partial charge in [0.15, 0.2) is 0 Å². The van der Waals surface area contributed by atoms with E-state index < -0.39 is 10.0 Å². The van der Waals surface area contributed by atoms with Crippen molar-refractivity contribution in [3.8, 4) is 0 Å². The first-order valence-corrected chi connectivity index (χ1v) is 9.55. The maximum Gasteiger partial charge on any atom is 0.252 e. The Hall–Kier alpha value is -1.49. The number of H-pyrrole nitrogens is 1. The van der Waals surface area contributed by atoms with Crippen LogP contribution in [0.5, 0.6) is 0 Å². The van der Waals surface area contributed by atoms with Gasteiger partial charge in [-0.25, -0.2) is 8.42 Å². The van der Waals surface area contributed by atoms with Crippen molar-refractivity contribution >= 4 is 39.7 Å². The lowest BCUT2D eigenvalue weighted by Gasteiger charge is -2.30. The summed E-state index contributed by atoms with van der Waals surface area (Å²) in [5, 5.41) is 14.6. The van der Waals surface area contributed by atoms with Crippen molar-refractivity contribution in [1.29, 1.82) is 0 Å². The molecule has 0 saturated carbocycles. The summed E-state index contributed by atoms with van der Waals surface area (Å²) in [6.45, 7) is 1.05. The molecule has 11 heteroatoms. The Kier molecular flexibility index (Phi) is 6.33. The van der Waals surface area contributed by atoms with Gasteiger partial charge in [0.05, 0.1) is 12.7 Å². The standard InChI is InChI=1S/C13H17N5O3S2.ClH/c19-13(14-8-11-9-15-17-16-11)10-3-5-18(6-4-10)23(20,21)12-2-1-7-22-12;/h1-2,7,9-10H,3-6,8H2,(H,14,19)(H,15,16,17);1H. The van der Waals surface area contributed by atoms with Gasteiger partial charge in [0.25, 0.3) is 10.0 Å². The number of amides is 1. The highest BCUT2D eigenvalue weighted by Crippen LogP contribution is 2.26. The van der Waals surface area contributed by atoms with Gasteiger partial charge in [-0.1, -0.05) is 6.07 Å². The van der Waals surface area contributed by atoms with Gasteiger partial charge in [0.1, 0.15) is 9.90 Å². The second kappa shape index (κ2) is 8.06. The summed E-state index contributed by atoms with van der Waals surface area (Å²) in [4.78, 5) is 12.1. The summed E-state index contributed by atoms with van der Waals surface area (Å²) in [5.74, 6) is -0.238. The van der Waals surface area contributed by atoms with Crippen LogP contribution in [-0.4, -0.2) is 47.1 Å². The molecule has 2 aromatic heterocycles. The normalized spacial score (nSPS) is 16.5. The molecule has 1 saturated heterocycles. The number of sulfonamides is 1. The van der Waals surface area contributed by atoms with Gasteiger partial charge in [-0.2, -0.15) is 19.7 Å². The van der Waals surface area contributed by atoms with Crippen LogP contribution >= 0.6 is 23.7 Å². The molecule has 0 spiro atoms. The number of carbonyl (C=O) groups is 1. The molecule has 0 bridgehead atoms. The summed E-state index contributed by atoms with van der Waals surface area (Å²) in [5.41, 5.74) is 0.663. The number of aromatic nitrogens is 3. The third-order valence-electron chi connectivity index (χ3n) is 3.82. The van der Waals surface area contributed by atoms with Gasteiger partial charge in [-0.05, 0) is 24.3 Å². The van der Waals surface area contributed by atoms with Gasteiger partial charge in [-0.15, -0.1) is 23.7 Å². The van der Waals surface area contributed by atoms with Crippen LogP contribution in [0, 0.1) is 5.92 Å². The molecule has 0 radical (unpaired) electrons. The molecule has 2 aromatic rings. The number of hydrogen-bond donors (Lipinski definition) is 2. The van der Waals surface area contributed by atoms with E-state index in [0.29, 0.717) is 42.4 Å². The fourth-order valence-electron chi connectivity index (χ4n) is 2.53. The number of piperidine rings is 1. The van der Waals surface area contributed by atoms with Crippen molar-refractivity contribution in [2.45, 2.75) is 23.6 Å². The molecular weight excluding hydrogens is 374 g/mol. The zero-order chi connectivity index (χ0) is 16.3. The Morgan fingerprint density at radius 2 is 2.17 bits per heavy atom. The Labute approximate surface area is 150 Å². The van der Waals surface area contributed by atoms with Crippen LogP contribution in [0.15, 0.2) is 27.9 Å². The first-order chi connectivity index (χ1) is 11.1. The number of nitrogens with one attached hydrogen (secondary N) is 2. The van der Waals surface area contributed by atoms with Crippen LogP contribution in [0.3, 0.4) is 0 Å². The van der Waals surface area contributed by atoms with Crippen LogP contribution in [0.2, 0.25) is 0 Å². The Balaban J connectivity index is 0.00000208. The van der Waals surface area contributed by atoms with Crippen LogP contribution in [-0.2, 0) is 21.4 Å². The fraction of sp³-hybridized carbons (Fsp3) is 0.462. The first-order valence-electron chi connectivity index (χ1n) is 7.23. The number of halogens is 1. The molecule has 0 unspecified atom stereocenters. The first kappa shape index (κ1) is 18.8. The lowest BCUT2D eigenvalue weighted by atomic mass is 9.97. The highest BCUT2D eigenvalue weighted by molar-refractivity contribution is 7.91. The molecule has 1 fully saturated rings. The number of aromatic amines is 1. The molecule has 8 nitrogen and oxygen atoms in total. The minimum absolute atomic E-state index is 0. The fourth-order valence-corrected chi connectivity index (χ4v) is 5.14. The molecule has 132 valence electrons. The van der Waals surface area contributed by atoms with E-state index in [9.17, 15) is 13.2 Å². The van der Waals surface area contributed by atoms with E-state index in [-0.39, 0.29) is 24.2 Å². The zero-order valence-corrected chi connectivity index (χ0v) is 15.2. The average Bonchev–Trinajstić information content (AvgIpc) is 3.26. The van der Waals surface area contributed by atoms with Crippen molar-refractivity contribution < 1.29 is 13.2 Å². The number of thiophene rings is 1. The molecule has 1 aliphatic heterocycles. The van der Waals surface area contributed by atoms with E-state index in [0.717, 1.165) is 0 Å². The van der Waals surface area contributed by atoms with Gasteiger partial charge >= 0.3 is 0 Å². The molecule has 3 heterocycles. The number of rotatable bonds is 5. The monoisotopic (exact) mass is 391 g/mol. The molecule has 0 aromatic carbocycles. The molecule has 0 aliphatic carbocycles. The number of carbonyl (C=O) groups excluding carboxylic acids is 1. The highest BCUT2D eigenvalue weighted by atomic mass is 35.5. The molecule has 3 rings (SSSR count). The summed E-state index contributed by atoms with van der Waals surface area (Å²) in [6, 6.07) is 3.33. The maximum atomic E-state index is 12.4. The average molecular weight is 392 g/mol. The number of hydrogen-bond acceptors (Lipinski definition) is 6. The van der Waals surface area contributed by atoms with Gasteiger partial charge in [-0.3, -0.25) is 4.79 Å². The Bertz CT molecular complexity index is 741. The largest absolute Gasteiger partial charge is 0.350 e. The maximum absolute atomic E-state index is 12.4. The predicted octanol–water partition coefficient (Wildman–Crippen LogP) is 1.01. The molecule has 0 atom stereocenters. The molecule has 1 amide bonds. The van der Waals surface area contributed by atoms with E-state index in [1.165, 1.54) is 15.6 Å². The van der Waals surface area contributed by atoms with Crippen LogP contribution < -0.4 is 5.32 Å². The molecule has 24 heavy (non-hydrogen) atoms. The number of nitrogens with zero attached hydrogens (tertiary/aromatic N) is 3. The molecular formula is C13H18ClN5O3S2. The summed E-state index contributed by atoms with van der Waals surface area (Å²) < 4.78 is 26.7. The van der Waals surface area contributed by atoms with E-state index in [1.807, 2.05) is 0 Å².